The molecule has 0 heterocycles. The van der Waals surface area contributed by atoms with Crippen molar-refractivity contribution in [2.75, 3.05) is 13.7 Å². The van der Waals surface area contributed by atoms with Crippen molar-refractivity contribution >= 4 is 0 Å². The lowest BCUT2D eigenvalue weighted by Crippen LogP contribution is -2.19. The van der Waals surface area contributed by atoms with Crippen molar-refractivity contribution in [2.24, 2.45) is 5.73 Å². The van der Waals surface area contributed by atoms with Crippen molar-refractivity contribution < 1.29 is 13.5 Å². The Morgan fingerprint density at radius 2 is 2.06 bits per heavy atom. The number of benzene rings is 1. The normalized spacial score (nSPS) is 11.6. The molecule has 0 aliphatic heterocycles. The largest absolute Gasteiger partial charge is 0.496 e. The Morgan fingerprint density at radius 3 is 2.56 bits per heavy atom. The van der Waals surface area contributed by atoms with Gasteiger partial charge in [-0.3, -0.25) is 0 Å². The number of rotatable bonds is 5. The molecule has 0 fully saturated rings. The Morgan fingerprint density at radius 1 is 1.38 bits per heavy atom. The van der Waals surface area contributed by atoms with Gasteiger partial charge in [0.05, 0.1) is 12.7 Å². The van der Waals surface area contributed by atoms with Crippen molar-refractivity contribution in [1.82, 2.24) is 0 Å². The lowest BCUT2D eigenvalue weighted by molar-refractivity contribution is -0.0128. The second kappa shape index (κ2) is 5.25. The van der Waals surface area contributed by atoms with Gasteiger partial charge >= 0.3 is 0 Å². The van der Waals surface area contributed by atoms with E-state index in [0.717, 1.165) is 12.0 Å². The minimum atomic E-state index is -2.93. The van der Waals surface area contributed by atoms with Gasteiger partial charge in [-0.15, -0.1) is 0 Å². The van der Waals surface area contributed by atoms with Crippen molar-refractivity contribution in [1.29, 1.82) is 0 Å². The van der Waals surface area contributed by atoms with Gasteiger partial charge in [-0.2, -0.15) is 0 Å². The van der Waals surface area contributed by atoms with E-state index in [9.17, 15) is 8.78 Å². The summed E-state index contributed by atoms with van der Waals surface area (Å²) < 4.78 is 32.5. The maximum atomic E-state index is 13.8. The van der Waals surface area contributed by atoms with Crippen LogP contribution >= 0.6 is 0 Å². The molecule has 0 atom stereocenters. The molecule has 0 radical (unpaired) electrons. The van der Waals surface area contributed by atoms with Gasteiger partial charge in [0, 0.05) is 6.42 Å². The summed E-state index contributed by atoms with van der Waals surface area (Å²) in [5.74, 6) is -2.71. The first-order chi connectivity index (χ1) is 7.55. The first-order valence-electron chi connectivity index (χ1n) is 5.30. The second-order valence-corrected chi connectivity index (χ2v) is 3.63. The van der Waals surface area contributed by atoms with E-state index in [4.69, 9.17) is 10.5 Å². The molecule has 1 rings (SSSR count). The molecule has 0 aromatic heterocycles. The molecular formula is C12H17F2NO. The molecule has 0 unspecified atom stereocenters. The van der Waals surface area contributed by atoms with Gasteiger partial charge in [-0.05, 0) is 30.7 Å². The zero-order valence-electron chi connectivity index (χ0n) is 9.59. The summed E-state index contributed by atoms with van der Waals surface area (Å²) in [6.07, 6.45) is 0.353. The van der Waals surface area contributed by atoms with Crippen LogP contribution in [0, 0.1) is 0 Å². The van der Waals surface area contributed by atoms with Gasteiger partial charge < -0.3 is 10.5 Å². The zero-order valence-corrected chi connectivity index (χ0v) is 9.59. The Labute approximate surface area is 94.4 Å². The Hall–Kier alpha value is -1.16. The summed E-state index contributed by atoms with van der Waals surface area (Å²) in [5.41, 5.74) is 5.99. The summed E-state index contributed by atoms with van der Waals surface area (Å²) in [6.45, 7) is 1.87. The number of methoxy groups -OCH3 is 1. The lowest BCUT2D eigenvalue weighted by atomic mass is 10.0. The van der Waals surface area contributed by atoms with Crippen molar-refractivity contribution in [3.05, 3.63) is 29.3 Å². The fourth-order valence-corrected chi connectivity index (χ4v) is 1.58. The molecule has 1 aromatic carbocycles. The Balaban J connectivity index is 3.17. The highest BCUT2D eigenvalue weighted by molar-refractivity contribution is 5.40. The molecule has 0 saturated carbocycles. The first-order valence-corrected chi connectivity index (χ1v) is 5.30. The molecular weight excluding hydrogens is 212 g/mol. The van der Waals surface area contributed by atoms with Crippen LogP contribution in [0.4, 0.5) is 8.78 Å². The lowest BCUT2D eigenvalue weighted by Gasteiger charge is -2.19. The topological polar surface area (TPSA) is 35.2 Å². The van der Waals surface area contributed by atoms with Crippen molar-refractivity contribution in [2.45, 2.75) is 25.7 Å². The van der Waals surface area contributed by atoms with Crippen LogP contribution in [-0.2, 0) is 12.3 Å². The average molecular weight is 229 g/mol. The first kappa shape index (κ1) is 12.9. The van der Waals surface area contributed by atoms with E-state index in [1.165, 1.54) is 13.2 Å². The molecule has 0 saturated heterocycles. The average Bonchev–Trinajstić information content (AvgIpc) is 2.28. The predicted molar refractivity (Wildman–Crippen MR) is 59.9 cm³/mol. The van der Waals surface area contributed by atoms with E-state index in [0.29, 0.717) is 0 Å². The van der Waals surface area contributed by atoms with Crippen molar-refractivity contribution in [3.8, 4) is 5.75 Å². The maximum Gasteiger partial charge on any atom is 0.278 e. The predicted octanol–water partition coefficient (Wildman–Crippen LogP) is 2.70. The van der Waals surface area contributed by atoms with Crippen LogP contribution in [0.3, 0.4) is 0 Å². The monoisotopic (exact) mass is 229 g/mol. The van der Waals surface area contributed by atoms with Gasteiger partial charge in [0.25, 0.3) is 5.92 Å². The fourth-order valence-electron chi connectivity index (χ4n) is 1.58. The van der Waals surface area contributed by atoms with E-state index < -0.39 is 5.92 Å². The van der Waals surface area contributed by atoms with Crippen LogP contribution < -0.4 is 10.5 Å². The molecule has 0 aliphatic rings. The fraction of sp³-hybridized carbons (Fsp3) is 0.500. The van der Waals surface area contributed by atoms with Gasteiger partial charge in [0.15, 0.2) is 0 Å². The number of hydrogen-bond acceptors (Lipinski definition) is 2. The Bertz CT molecular complexity index is 353. The molecule has 1 aromatic rings. The molecule has 2 N–H and O–H groups in total. The smallest absolute Gasteiger partial charge is 0.278 e. The third-order valence-electron chi connectivity index (χ3n) is 2.52. The van der Waals surface area contributed by atoms with E-state index in [-0.39, 0.29) is 24.3 Å². The van der Waals surface area contributed by atoms with Gasteiger partial charge in [-0.1, -0.05) is 13.0 Å². The number of ether oxygens (including phenoxy) is 1. The van der Waals surface area contributed by atoms with Crippen LogP contribution in [0.2, 0.25) is 0 Å². The van der Waals surface area contributed by atoms with E-state index in [1.54, 1.807) is 12.1 Å². The molecule has 90 valence electrons. The van der Waals surface area contributed by atoms with Crippen LogP contribution in [0.1, 0.15) is 24.5 Å². The summed E-state index contributed by atoms with van der Waals surface area (Å²) in [5, 5.41) is 0. The van der Waals surface area contributed by atoms with Crippen LogP contribution in [0.25, 0.3) is 0 Å². The third-order valence-corrected chi connectivity index (χ3v) is 2.52. The van der Waals surface area contributed by atoms with E-state index in [1.807, 2.05) is 6.92 Å². The minimum Gasteiger partial charge on any atom is -0.496 e. The zero-order chi connectivity index (χ0) is 12.2. The minimum absolute atomic E-state index is 0.0491. The standard InChI is InChI=1S/C12H17F2NO/c1-3-9-4-5-11(16-2)10(8-9)12(13,14)6-7-15/h4-5,8H,3,6-7,15H2,1-2H3. The van der Waals surface area contributed by atoms with Crippen LogP contribution in [-0.4, -0.2) is 13.7 Å². The van der Waals surface area contributed by atoms with E-state index in [2.05, 4.69) is 0 Å². The molecule has 0 amide bonds. The van der Waals surface area contributed by atoms with Gasteiger partial charge in [0.2, 0.25) is 0 Å². The number of aryl methyl sites for hydroxylation is 1. The highest BCUT2D eigenvalue weighted by Gasteiger charge is 2.33. The quantitative estimate of drug-likeness (QED) is 0.842. The highest BCUT2D eigenvalue weighted by Crippen LogP contribution is 2.37. The van der Waals surface area contributed by atoms with Crippen molar-refractivity contribution in [3.63, 3.8) is 0 Å². The maximum absolute atomic E-state index is 13.8. The van der Waals surface area contributed by atoms with Crippen LogP contribution in [0.5, 0.6) is 5.75 Å². The molecule has 0 aliphatic carbocycles. The summed E-state index contributed by atoms with van der Waals surface area (Å²) >= 11 is 0. The molecule has 0 spiro atoms. The molecule has 2 nitrogen and oxygen atoms in total. The number of alkyl halides is 2. The van der Waals surface area contributed by atoms with Crippen LogP contribution in [0.15, 0.2) is 18.2 Å². The number of hydrogen-bond donors (Lipinski definition) is 1. The molecule has 0 bridgehead atoms. The van der Waals surface area contributed by atoms with Gasteiger partial charge in [-0.25, -0.2) is 8.78 Å². The third kappa shape index (κ3) is 2.70. The van der Waals surface area contributed by atoms with E-state index >= 15 is 0 Å². The van der Waals surface area contributed by atoms with Gasteiger partial charge in [0.1, 0.15) is 5.75 Å². The number of halogens is 2. The Kier molecular flexibility index (Phi) is 4.24. The second-order valence-electron chi connectivity index (χ2n) is 3.63. The summed E-state index contributed by atoms with van der Waals surface area (Å²) in [4.78, 5) is 0. The molecule has 4 heteroatoms. The summed E-state index contributed by atoms with van der Waals surface area (Å²) in [6, 6.07) is 4.87. The molecule has 16 heavy (non-hydrogen) atoms. The highest BCUT2D eigenvalue weighted by atomic mass is 19.3. The number of nitrogens with two attached hydrogens (primary N) is 1. The SMILES string of the molecule is CCc1ccc(OC)c(C(F)(F)CCN)c1. The summed E-state index contributed by atoms with van der Waals surface area (Å²) in [7, 11) is 1.39.